The van der Waals surface area contributed by atoms with Crippen LogP contribution in [0.25, 0.3) is 5.69 Å². The Morgan fingerprint density at radius 3 is 2.53 bits per heavy atom. The third-order valence-corrected chi connectivity index (χ3v) is 4.34. The van der Waals surface area contributed by atoms with Crippen LogP contribution in [0.3, 0.4) is 0 Å². The number of ether oxygens (including phenoxy) is 1. The molecule has 0 saturated carbocycles. The average molecular weight is 444 g/mol. The van der Waals surface area contributed by atoms with Crippen LogP contribution in [0.1, 0.15) is 12.6 Å². The Balaban J connectivity index is 2.33. The van der Waals surface area contributed by atoms with E-state index in [2.05, 4.69) is 28.2 Å². The zero-order valence-electron chi connectivity index (χ0n) is 18.0. The van der Waals surface area contributed by atoms with Gasteiger partial charge in [0.2, 0.25) is 5.43 Å². The van der Waals surface area contributed by atoms with Gasteiger partial charge in [0.1, 0.15) is 5.69 Å². The number of hydrogen-bond donors (Lipinski definition) is 0. The van der Waals surface area contributed by atoms with E-state index < -0.39 is 22.9 Å². The molecule has 9 heteroatoms. The van der Waals surface area contributed by atoms with Crippen molar-refractivity contribution in [2.24, 2.45) is 9.98 Å². The van der Waals surface area contributed by atoms with E-state index in [0.717, 1.165) is 16.8 Å². The average Bonchev–Trinajstić information content (AvgIpc) is 2.77. The van der Waals surface area contributed by atoms with E-state index in [1.165, 1.54) is 12.3 Å². The highest BCUT2D eigenvalue weighted by Crippen LogP contribution is 2.16. The summed E-state index contributed by atoms with van der Waals surface area (Å²) in [4.78, 5) is 20.7. The molecule has 1 unspecified atom stereocenters. The Hall–Kier alpha value is -3.59. The summed E-state index contributed by atoms with van der Waals surface area (Å²) in [5, 5.41) is 4.12. The minimum absolute atomic E-state index is 0.0400. The molecule has 1 atom stereocenters. The third-order valence-electron chi connectivity index (χ3n) is 4.34. The maximum atomic E-state index is 13.6. The first-order valence-corrected chi connectivity index (χ1v) is 9.50. The van der Waals surface area contributed by atoms with Crippen molar-refractivity contribution >= 4 is 12.1 Å². The van der Waals surface area contributed by atoms with Crippen LogP contribution in [-0.2, 0) is 11.2 Å². The van der Waals surface area contributed by atoms with Crippen LogP contribution in [0.5, 0.6) is 0 Å². The minimum Gasteiger partial charge on any atom is -0.376 e. The number of hydrogen-bond acceptors (Lipinski definition) is 4. The number of amidine groups is 1. The first-order valence-electron chi connectivity index (χ1n) is 9.50. The molecule has 1 aromatic heterocycles. The molecule has 0 fully saturated rings. The highest BCUT2D eigenvalue weighted by Gasteiger charge is 2.13. The highest BCUT2D eigenvalue weighted by molar-refractivity contribution is 6.05. The Morgan fingerprint density at radius 1 is 1.31 bits per heavy atom. The number of aromatic nitrogens is 2. The molecule has 0 aliphatic heterocycles. The molecule has 0 aliphatic carbocycles. The Morgan fingerprint density at radius 2 is 1.97 bits per heavy atom. The fraction of sp³-hybridized carbons (Fsp3) is 0.217. The van der Waals surface area contributed by atoms with Crippen LogP contribution in [0.15, 0.2) is 75.6 Å². The molecule has 2 rings (SSSR count). The molecule has 0 bridgehead atoms. The molecular formula is C23H23F3N4O2. The summed E-state index contributed by atoms with van der Waals surface area (Å²) in [5.74, 6) is -3.92. The van der Waals surface area contributed by atoms with E-state index in [1.807, 2.05) is 6.92 Å². The highest BCUT2D eigenvalue weighted by atomic mass is 19.2. The van der Waals surface area contributed by atoms with Gasteiger partial charge in [-0.2, -0.15) is 5.10 Å². The van der Waals surface area contributed by atoms with E-state index in [4.69, 9.17) is 4.74 Å². The number of nitrogens with zero attached hydrogens (tertiary/aromatic N) is 4. The molecule has 2 aromatic rings. The van der Waals surface area contributed by atoms with Gasteiger partial charge in [-0.25, -0.2) is 22.8 Å². The number of aliphatic imine (C=N–C) groups is 2. The van der Waals surface area contributed by atoms with Gasteiger partial charge in [-0.15, -0.1) is 0 Å². The van der Waals surface area contributed by atoms with Crippen molar-refractivity contribution in [3.05, 3.63) is 94.2 Å². The lowest BCUT2D eigenvalue weighted by molar-refractivity contribution is 0.174. The van der Waals surface area contributed by atoms with E-state index >= 15 is 0 Å². The number of rotatable bonds is 8. The lowest BCUT2D eigenvalue weighted by atomic mass is 10.1. The first kappa shape index (κ1) is 24.7. The van der Waals surface area contributed by atoms with Crippen LogP contribution in [0.2, 0.25) is 0 Å². The van der Waals surface area contributed by atoms with Gasteiger partial charge in [0.05, 0.1) is 11.8 Å². The molecule has 0 radical (unpaired) electrons. The van der Waals surface area contributed by atoms with Gasteiger partial charge in [-0.1, -0.05) is 19.2 Å². The predicted molar refractivity (Wildman–Crippen MR) is 119 cm³/mol. The lowest BCUT2D eigenvalue weighted by Gasteiger charge is -2.09. The van der Waals surface area contributed by atoms with Crippen molar-refractivity contribution in [2.75, 3.05) is 14.2 Å². The summed E-state index contributed by atoms with van der Waals surface area (Å²) in [6.07, 6.45) is 5.84. The Kier molecular flexibility index (Phi) is 8.60. The number of methoxy groups -OCH3 is 1. The molecule has 168 valence electrons. The summed E-state index contributed by atoms with van der Waals surface area (Å²) in [7, 11) is 3.13. The largest absolute Gasteiger partial charge is 0.376 e. The van der Waals surface area contributed by atoms with Crippen LogP contribution >= 0.6 is 0 Å². The van der Waals surface area contributed by atoms with Crippen LogP contribution in [0, 0.1) is 17.5 Å². The molecule has 0 N–H and O–H groups in total. The molecule has 0 spiro atoms. The predicted octanol–water partition coefficient (Wildman–Crippen LogP) is 3.99. The molecule has 0 amide bonds. The second kappa shape index (κ2) is 11.1. The first-order chi connectivity index (χ1) is 15.2. The van der Waals surface area contributed by atoms with Crippen molar-refractivity contribution in [1.29, 1.82) is 0 Å². The topological polar surface area (TPSA) is 68.8 Å². The zero-order chi connectivity index (χ0) is 23.8. The van der Waals surface area contributed by atoms with Gasteiger partial charge < -0.3 is 4.74 Å². The van der Waals surface area contributed by atoms with Crippen molar-refractivity contribution < 1.29 is 17.9 Å². The van der Waals surface area contributed by atoms with Crippen LogP contribution in [0.4, 0.5) is 13.2 Å². The van der Waals surface area contributed by atoms with Gasteiger partial charge in [0.25, 0.3) is 0 Å². The summed E-state index contributed by atoms with van der Waals surface area (Å²) < 4.78 is 46.6. The van der Waals surface area contributed by atoms with E-state index in [0.29, 0.717) is 17.0 Å². The Labute approximate surface area is 183 Å². The lowest BCUT2D eigenvalue weighted by Crippen LogP contribution is -2.17. The fourth-order valence-electron chi connectivity index (χ4n) is 2.59. The molecule has 6 nitrogen and oxygen atoms in total. The van der Waals surface area contributed by atoms with Gasteiger partial charge in [-0.3, -0.25) is 9.79 Å². The molecule has 0 saturated heterocycles. The van der Waals surface area contributed by atoms with Crippen molar-refractivity contribution in [3.63, 3.8) is 0 Å². The van der Waals surface area contributed by atoms with Gasteiger partial charge in [0, 0.05) is 56.8 Å². The van der Waals surface area contributed by atoms with Gasteiger partial charge in [0.15, 0.2) is 23.3 Å². The molecule has 32 heavy (non-hydrogen) atoms. The quantitative estimate of drug-likeness (QED) is 0.268. The molecule has 0 aliphatic rings. The Bertz CT molecular complexity index is 1140. The fourth-order valence-corrected chi connectivity index (χ4v) is 2.59. The maximum Gasteiger partial charge on any atom is 0.203 e. The number of allylic oxidation sites excluding steroid dienone is 2. The number of benzene rings is 1. The maximum absolute atomic E-state index is 13.6. The zero-order valence-corrected chi connectivity index (χ0v) is 18.0. The standard InChI is InChI=1S/C23H23F3N4O2/c1-6-16(23(27-4)28-13-15(3)32-5)9-14(2)10-20-21(31)7-8-30(29-20)17-11-18(24)22(26)19(25)12-17/h6-9,11-13,15H,1-2,10H2,3-5H3/b16-9+,27-23?,28-13?. The van der Waals surface area contributed by atoms with Crippen LogP contribution < -0.4 is 5.43 Å². The molecule has 1 heterocycles. The molecular weight excluding hydrogens is 421 g/mol. The summed E-state index contributed by atoms with van der Waals surface area (Å²) in [5.41, 5.74) is 0.674. The summed E-state index contributed by atoms with van der Waals surface area (Å²) >= 11 is 0. The van der Waals surface area contributed by atoms with Gasteiger partial charge >= 0.3 is 0 Å². The third kappa shape index (κ3) is 6.21. The minimum atomic E-state index is -1.58. The van der Waals surface area contributed by atoms with Crippen LogP contribution in [-0.4, -0.2) is 42.1 Å². The smallest absolute Gasteiger partial charge is 0.203 e. The van der Waals surface area contributed by atoms with Crippen molar-refractivity contribution in [2.45, 2.75) is 19.4 Å². The van der Waals surface area contributed by atoms with E-state index in [9.17, 15) is 18.0 Å². The normalized spacial score (nSPS) is 13.4. The second-order valence-electron chi connectivity index (χ2n) is 6.70. The SMILES string of the molecule is C=C/C(=C\C(=C)Cc1nn(-c2cc(F)c(F)c(F)c2)ccc1=O)C(N=CC(C)OC)=NC. The van der Waals surface area contributed by atoms with Gasteiger partial charge in [-0.05, 0) is 18.6 Å². The summed E-state index contributed by atoms with van der Waals surface area (Å²) in [6, 6.07) is 2.77. The molecule has 1 aromatic carbocycles. The monoisotopic (exact) mass is 444 g/mol. The van der Waals surface area contributed by atoms with E-state index in [1.54, 1.807) is 32.5 Å². The number of halogens is 3. The van der Waals surface area contributed by atoms with Crippen molar-refractivity contribution in [3.8, 4) is 5.69 Å². The second-order valence-corrected chi connectivity index (χ2v) is 6.70. The van der Waals surface area contributed by atoms with Crippen molar-refractivity contribution in [1.82, 2.24) is 9.78 Å². The van der Waals surface area contributed by atoms with E-state index in [-0.39, 0.29) is 23.9 Å². The summed E-state index contributed by atoms with van der Waals surface area (Å²) in [6.45, 7) is 9.51.